The van der Waals surface area contributed by atoms with Crippen molar-refractivity contribution in [2.75, 3.05) is 26.2 Å². The van der Waals surface area contributed by atoms with E-state index in [9.17, 15) is 13.2 Å². The van der Waals surface area contributed by atoms with Crippen LogP contribution in [-0.4, -0.2) is 54.7 Å². The summed E-state index contributed by atoms with van der Waals surface area (Å²) < 4.78 is 26.6. The predicted octanol–water partition coefficient (Wildman–Crippen LogP) is 1.15. The molecule has 2 aromatic heterocycles. The molecule has 1 fully saturated rings. The molecule has 118 valence electrons. The number of nitrogens with zero attached hydrogens (tertiary/aromatic N) is 2. The summed E-state index contributed by atoms with van der Waals surface area (Å²) >= 11 is 1.22. The third-order valence-corrected chi connectivity index (χ3v) is 6.97. The van der Waals surface area contributed by atoms with Gasteiger partial charge in [0.2, 0.25) is 5.91 Å². The van der Waals surface area contributed by atoms with Crippen LogP contribution in [0.4, 0.5) is 0 Å². The van der Waals surface area contributed by atoms with Crippen molar-refractivity contribution in [3.63, 3.8) is 0 Å². The number of carbonyl (C=O) groups excluding carboxylic acids is 1. The highest BCUT2D eigenvalue weighted by Gasteiger charge is 2.30. The number of aromatic nitrogens is 1. The first-order chi connectivity index (χ1) is 10.6. The fourth-order valence-electron chi connectivity index (χ4n) is 2.47. The maximum atomic E-state index is 12.4. The topological polar surface area (TPSA) is 73.5 Å². The maximum Gasteiger partial charge on any atom is 0.252 e. The van der Waals surface area contributed by atoms with Crippen molar-refractivity contribution in [2.45, 2.75) is 10.6 Å². The Kier molecular flexibility index (Phi) is 4.32. The lowest BCUT2D eigenvalue weighted by Gasteiger charge is -2.33. The Labute approximate surface area is 133 Å². The summed E-state index contributed by atoms with van der Waals surface area (Å²) in [7, 11) is -3.41. The lowest BCUT2D eigenvalue weighted by molar-refractivity contribution is -0.131. The van der Waals surface area contributed by atoms with Crippen LogP contribution in [0.25, 0.3) is 0 Å². The van der Waals surface area contributed by atoms with Gasteiger partial charge in [-0.25, -0.2) is 8.42 Å². The van der Waals surface area contributed by atoms with E-state index in [0.717, 1.165) is 5.56 Å². The van der Waals surface area contributed by atoms with Gasteiger partial charge in [0.1, 0.15) is 4.21 Å². The number of rotatable bonds is 4. The maximum absolute atomic E-state index is 12.4. The van der Waals surface area contributed by atoms with E-state index in [1.807, 2.05) is 6.07 Å². The minimum Gasteiger partial charge on any atom is -0.367 e. The Bertz CT molecular complexity index is 715. The first-order valence-corrected chi connectivity index (χ1v) is 9.32. The minimum atomic E-state index is -3.41. The van der Waals surface area contributed by atoms with Crippen molar-refractivity contribution < 1.29 is 13.2 Å². The molecule has 6 nitrogen and oxygen atoms in total. The molecule has 1 aliphatic heterocycles. The van der Waals surface area contributed by atoms with Gasteiger partial charge in [0.15, 0.2) is 0 Å². The highest BCUT2D eigenvalue weighted by molar-refractivity contribution is 7.91. The third-order valence-electron chi connectivity index (χ3n) is 3.70. The molecular weight excluding hydrogens is 322 g/mol. The number of piperazine rings is 1. The van der Waals surface area contributed by atoms with E-state index >= 15 is 0 Å². The number of carbonyl (C=O) groups is 1. The van der Waals surface area contributed by atoms with Crippen LogP contribution in [0, 0.1) is 0 Å². The van der Waals surface area contributed by atoms with Gasteiger partial charge in [-0.1, -0.05) is 6.07 Å². The number of hydrogen-bond donors (Lipinski definition) is 1. The molecule has 22 heavy (non-hydrogen) atoms. The lowest BCUT2D eigenvalue weighted by atomic mass is 10.2. The first kappa shape index (κ1) is 15.3. The standard InChI is InChI=1S/C14H17N3O3S2/c18-13(10-12-3-4-15-11-12)16-5-7-17(8-6-16)22(19,20)14-2-1-9-21-14/h1-4,9,11,15H,5-8,10H2. The average molecular weight is 339 g/mol. The molecular formula is C14H17N3O3S2. The summed E-state index contributed by atoms with van der Waals surface area (Å²) in [6.07, 6.45) is 3.94. The summed E-state index contributed by atoms with van der Waals surface area (Å²) in [4.78, 5) is 16.8. The van der Waals surface area contributed by atoms with Crippen LogP contribution in [-0.2, 0) is 21.2 Å². The smallest absolute Gasteiger partial charge is 0.252 e. The van der Waals surface area contributed by atoms with Crippen LogP contribution < -0.4 is 0 Å². The molecule has 3 heterocycles. The van der Waals surface area contributed by atoms with Crippen LogP contribution >= 0.6 is 11.3 Å². The quantitative estimate of drug-likeness (QED) is 0.908. The number of H-pyrrole nitrogens is 1. The normalized spacial score (nSPS) is 16.8. The highest BCUT2D eigenvalue weighted by atomic mass is 32.2. The fraction of sp³-hybridized carbons (Fsp3) is 0.357. The van der Waals surface area contributed by atoms with Gasteiger partial charge in [-0.15, -0.1) is 11.3 Å². The van der Waals surface area contributed by atoms with E-state index < -0.39 is 10.0 Å². The molecule has 2 aromatic rings. The molecule has 0 atom stereocenters. The lowest BCUT2D eigenvalue weighted by Crippen LogP contribution is -2.50. The summed E-state index contributed by atoms with van der Waals surface area (Å²) in [5.41, 5.74) is 0.943. The van der Waals surface area contributed by atoms with Gasteiger partial charge in [-0.3, -0.25) is 4.79 Å². The number of hydrogen-bond acceptors (Lipinski definition) is 4. The van der Waals surface area contributed by atoms with E-state index in [-0.39, 0.29) is 5.91 Å². The SMILES string of the molecule is O=C(Cc1cc[nH]c1)N1CCN(S(=O)(=O)c2cccs2)CC1. The molecule has 1 saturated heterocycles. The van der Waals surface area contributed by atoms with Gasteiger partial charge < -0.3 is 9.88 Å². The van der Waals surface area contributed by atoms with Gasteiger partial charge in [-0.05, 0) is 23.1 Å². The molecule has 0 unspecified atom stereocenters. The summed E-state index contributed by atoms with van der Waals surface area (Å²) in [5.74, 6) is 0.0350. The van der Waals surface area contributed by atoms with E-state index in [4.69, 9.17) is 0 Å². The monoisotopic (exact) mass is 339 g/mol. The molecule has 0 aliphatic carbocycles. The zero-order valence-corrected chi connectivity index (χ0v) is 13.6. The van der Waals surface area contributed by atoms with Crippen LogP contribution in [0.2, 0.25) is 0 Å². The summed E-state index contributed by atoms with van der Waals surface area (Å²) in [5, 5.41) is 1.75. The first-order valence-electron chi connectivity index (χ1n) is 7.00. The Morgan fingerprint density at radius 2 is 2.00 bits per heavy atom. The van der Waals surface area contributed by atoms with Crippen molar-refractivity contribution in [1.82, 2.24) is 14.2 Å². The van der Waals surface area contributed by atoms with Gasteiger partial charge in [0, 0.05) is 38.6 Å². The zero-order valence-electron chi connectivity index (χ0n) is 11.9. The molecule has 1 N–H and O–H groups in total. The zero-order chi connectivity index (χ0) is 15.6. The van der Waals surface area contributed by atoms with Gasteiger partial charge in [0.05, 0.1) is 6.42 Å². The molecule has 0 radical (unpaired) electrons. The van der Waals surface area contributed by atoms with E-state index in [2.05, 4.69) is 4.98 Å². The molecule has 8 heteroatoms. The van der Waals surface area contributed by atoms with Gasteiger partial charge >= 0.3 is 0 Å². The van der Waals surface area contributed by atoms with Crippen LogP contribution in [0.5, 0.6) is 0 Å². The van der Waals surface area contributed by atoms with Crippen molar-refractivity contribution in [3.05, 3.63) is 41.5 Å². The number of sulfonamides is 1. The molecule has 0 bridgehead atoms. The molecule has 1 aliphatic rings. The van der Waals surface area contributed by atoms with Crippen molar-refractivity contribution in [1.29, 1.82) is 0 Å². The van der Waals surface area contributed by atoms with E-state index in [1.54, 1.807) is 34.8 Å². The average Bonchev–Trinajstić information content (AvgIpc) is 3.21. The molecule has 0 aromatic carbocycles. The molecule has 0 saturated carbocycles. The second-order valence-electron chi connectivity index (χ2n) is 5.11. The summed E-state index contributed by atoms with van der Waals surface area (Å²) in [6, 6.07) is 5.22. The Morgan fingerprint density at radius 3 is 2.59 bits per heavy atom. The largest absolute Gasteiger partial charge is 0.367 e. The van der Waals surface area contributed by atoms with E-state index in [1.165, 1.54) is 15.6 Å². The fourth-order valence-corrected chi connectivity index (χ4v) is 5.04. The number of thiophene rings is 1. The molecule has 3 rings (SSSR count). The second kappa shape index (κ2) is 6.23. The minimum absolute atomic E-state index is 0.0350. The van der Waals surface area contributed by atoms with Crippen LogP contribution in [0.15, 0.2) is 40.2 Å². The van der Waals surface area contributed by atoms with Crippen LogP contribution in [0.1, 0.15) is 5.56 Å². The van der Waals surface area contributed by atoms with Crippen molar-refractivity contribution in [2.24, 2.45) is 0 Å². The Morgan fingerprint density at radius 1 is 1.23 bits per heavy atom. The number of amides is 1. The van der Waals surface area contributed by atoms with Gasteiger partial charge in [0.25, 0.3) is 10.0 Å². The van der Waals surface area contributed by atoms with Gasteiger partial charge in [-0.2, -0.15) is 4.31 Å². The molecule has 0 spiro atoms. The highest BCUT2D eigenvalue weighted by Crippen LogP contribution is 2.22. The predicted molar refractivity (Wildman–Crippen MR) is 84.2 cm³/mol. The number of nitrogens with one attached hydrogen (secondary N) is 1. The van der Waals surface area contributed by atoms with Crippen molar-refractivity contribution in [3.8, 4) is 0 Å². The summed E-state index contributed by atoms with van der Waals surface area (Å²) in [6.45, 7) is 1.57. The Balaban J connectivity index is 1.60. The third kappa shape index (κ3) is 3.08. The van der Waals surface area contributed by atoms with Crippen LogP contribution in [0.3, 0.4) is 0 Å². The molecule has 1 amide bonds. The van der Waals surface area contributed by atoms with E-state index in [0.29, 0.717) is 36.8 Å². The second-order valence-corrected chi connectivity index (χ2v) is 8.23. The number of aromatic amines is 1. The Hall–Kier alpha value is -1.64. The van der Waals surface area contributed by atoms with Crippen molar-refractivity contribution >= 4 is 27.3 Å².